The van der Waals surface area contributed by atoms with Gasteiger partial charge in [-0.2, -0.15) is 0 Å². The third kappa shape index (κ3) is 3.73. The predicted molar refractivity (Wildman–Crippen MR) is 83.0 cm³/mol. The lowest BCUT2D eigenvalue weighted by atomic mass is 10.2. The van der Waals surface area contributed by atoms with E-state index in [1.807, 2.05) is 6.07 Å². The summed E-state index contributed by atoms with van der Waals surface area (Å²) in [6.07, 6.45) is 2.20. The number of carbonyl (C=O) groups excluding carboxylic acids is 1. The molecule has 6 nitrogen and oxygen atoms in total. The molecule has 2 heterocycles. The third-order valence-electron chi connectivity index (χ3n) is 3.38. The Hall–Kier alpha value is -2.73. The molecule has 1 aromatic carbocycles. The van der Waals surface area contributed by atoms with Gasteiger partial charge in [-0.3, -0.25) is 4.79 Å². The second-order valence-corrected chi connectivity index (χ2v) is 5.16. The maximum absolute atomic E-state index is 11.8. The van der Waals surface area contributed by atoms with Gasteiger partial charge < -0.3 is 24.3 Å². The minimum Gasteiger partial charge on any atom is -0.464 e. The normalized spacial score (nSPS) is 14.2. The molecule has 2 aromatic rings. The Morgan fingerprint density at radius 3 is 2.91 bits per heavy atom. The molecule has 0 spiro atoms. The van der Waals surface area contributed by atoms with Gasteiger partial charge in [0.25, 0.3) is 0 Å². The van der Waals surface area contributed by atoms with E-state index in [0.717, 1.165) is 5.56 Å². The molecule has 3 rings (SSSR count). The quantitative estimate of drug-likeness (QED) is 0.827. The van der Waals surface area contributed by atoms with E-state index in [9.17, 15) is 9.90 Å². The number of fused-ring (bicyclic) bond motifs is 1. The average Bonchev–Trinajstić information content (AvgIpc) is 3.18. The van der Waals surface area contributed by atoms with Gasteiger partial charge in [0.05, 0.1) is 6.54 Å². The van der Waals surface area contributed by atoms with Crippen molar-refractivity contribution in [2.75, 3.05) is 13.3 Å². The van der Waals surface area contributed by atoms with Gasteiger partial charge in [0, 0.05) is 6.08 Å². The molecule has 1 aliphatic rings. The Labute approximate surface area is 133 Å². The van der Waals surface area contributed by atoms with Crippen LogP contribution in [0.5, 0.6) is 11.5 Å². The fourth-order valence-corrected chi connectivity index (χ4v) is 2.18. The number of ether oxygens (including phenoxy) is 2. The van der Waals surface area contributed by atoms with E-state index >= 15 is 0 Å². The number of carbonyl (C=O) groups is 1. The van der Waals surface area contributed by atoms with Crippen LogP contribution in [0.4, 0.5) is 0 Å². The number of aryl methyl sites for hydroxylation is 1. The summed E-state index contributed by atoms with van der Waals surface area (Å²) < 4.78 is 15.8. The van der Waals surface area contributed by atoms with Crippen molar-refractivity contribution in [3.8, 4) is 11.5 Å². The van der Waals surface area contributed by atoms with Crippen molar-refractivity contribution in [2.24, 2.45) is 0 Å². The summed E-state index contributed by atoms with van der Waals surface area (Å²) >= 11 is 0. The number of hydrogen-bond donors (Lipinski definition) is 2. The standard InChI is InChI=1S/C17H17NO5/c1-11-2-5-14(23-11)13(19)9-18-17(20)7-4-12-3-6-15-16(8-12)22-10-21-15/h2-8,13,19H,9-10H2,1H3,(H,18,20)/b7-4+. The lowest BCUT2D eigenvalue weighted by molar-refractivity contribution is -0.116. The highest BCUT2D eigenvalue weighted by molar-refractivity contribution is 5.91. The second-order valence-electron chi connectivity index (χ2n) is 5.16. The lowest BCUT2D eigenvalue weighted by Gasteiger charge is -2.08. The van der Waals surface area contributed by atoms with Crippen molar-refractivity contribution in [3.63, 3.8) is 0 Å². The van der Waals surface area contributed by atoms with Crippen molar-refractivity contribution >= 4 is 12.0 Å². The summed E-state index contributed by atoms with van der Waals surface area (Å²) in [5, 5.41) is 12.5. The summed E-state index contributed by atoms with van der Waals surface area (Å²) in [6, 6.07) is 8.88. The minimum atomic E-state index is -0.869. The maximum atomic E-state index is 11.8. The van der Waals surface area contributed by atoms with Crippen LogP contribution in [0.3, 0.4) is 0 Å². The fraction of sp³-hybridized carbons (Fsp3) is 0.235. The van der Waals surface area contributed by atoms with Crippen molar-refractivity contribution in [1.82, 2.24) is 5.32 Å². The van der Waals surface area contributed by atoms with Crippen molar-refractivity contribution in [2.45, 2.75) is 13.0 Å². The molecule has 1 aliphatic heterocycles. The van der Waals surface area contributed by atoms with Crippen LogP contribution in [0.1, 0.15) is 23.2 Å². The second kappa shape index (κ2) is 6.58. The van der Waals surface area contributed by atoms with Crippen LogP contribution in [0.15, 0.2) is 40.8 Å². The fourth-order valence-electron chi connectivity index (χ4n) is 2.18. The van der Waals surface area contributed by atoms with Crippen LogP contribution in [-0.2, 0) is 4.79 Å². The van der Waals surface area contributed by atoms with E-state index < -0.39 is 6.10 Å². The minimum absolute atomic E-state index is 0.0806. The molecular weight excluding hydrogens is 298 g/mol. The molecule has 2 N–H and O–H groups in total. The first-order valence-electron chi connectivity index (χ1n) is 7.22. The Bertz CT molecular complexity index is 734. The number of hydrogen-bond acceptors (Lipinski definition) is 5. The number of benzene rings is 1. The molecule has 1 amide bonds. The topological polar surface area (TPSA) is 80.9 Å². The van der Waals surface area contributed by atoms with Gasteiger partial charge in [0.1, 0.15) is 17.6 Å². The summed E-state index contributed by atoms with van der Waals surface area (Å²) in [5.74, 6) is 2.21. The summed E-state index contributed by atoms with van der Waals surface area (Å²) in [4.78, 5) is 11.8. The molecule has 0 aliphatic carbocycles. The molecule has 120 valence electrons. The number of amides is 1. The van der Waals surface area contributed by atoms with E-state index in [4.69, 9.17) is 13.9 Å². The highest BCUT2D eigenvalue weighted by Gasteiger charge is 2.13. The summed E-state index contributed by atoms with van der Waals surface area (Å²) in [7, 11) is 0. The van der Waals surface area contributed by atoms with Gasteiger partial charge in [-0.25, -0.2) is 0 Å². The zero-order chi connectivity index (χ0) is 16.2. The molecule has 1 aromatic heterocycles. The van der Waals surface area contributed by atoms with Gasteiger partial charge in [0.2, 0.25) is 12.7 Å². The van der Waals surface area contributed by atoms with E-state index in [2.05, 4.69) is 5.32 Å². The van der Waals surface area contributed by atoms with E-state index in [1.54, 1.807) is 37.3 Å². The molecule has 0 radical (unpaired) electrons. The van der Waals surface area contributed by atoms with Gasteiger partial charge in [-0.1, -0.05) is 6.07 Å². The van der Waals surface area contributed by atoms with Crippen LogP contribution in [0.25, 0.3) is 6.08 Å². The highest BCUT2D eigenvalue weighted by Crippen LogP contribution is 2.32. The molecule has 23 heavy (non-hydrogen) atoms. The monoisotopic (exact) mass is 315 g/mol. The lowest BCUT2D eigenvalue weighted by Crippen LogP contribution is -2.26. The van der Waals surface area contributed by atoms with Crippen molar-refractivity contribution in [1.29, 1.82) is 0 Å². The van der Waals surface area contributed by atoms with Crippen LogP contribution in [0, 0.1) is 6.92 Å². The SMILES string of the molecule is Cc1ccc(C(O)CNC(=O)/C=C/c2ccc3c(c2)OCO3)o1. The molecule has 1 atom stereocenters. The van der Waals surface area contributed by atoms with Crippen molar-refractivity contribution in [3.05, 3.63) is 53.5 Å². The smallest absolute Gasteiger partial charge is 0.244 e. The Kier molecular flexibility index (Phi) is 4.34. The van der Waals surface area contributed by atoms with Gasteiger partial charge in [-0.05, 0) is 42.8 Å². The van der Waals surface area contributed by atoms with E-state index in [-0.39, 0.29) is 19.2 Å². The predicted octanol–water partition coefficient (Wildman–Crippen LogP) is 2.18. The van der Waals surface area contributed by atoms with Crippen LogP contribution < -0.4 is 14.8 Å². The molecular formula is C17H17NO5. The van der Waals surface area contributed by atoms with Crippen LogP contribution >= 0.6 is 0 Å². The van der Waals surface area contributed by atoms with Crippen molar-refractivity contribution < 1.29 is 23.8 Å². The number of nitrogens with one attached hydrogen (secondary N) is 1. The summed E-state index contributed by atoms with van der Waals surface area (Å²) in [5.41, 5.74) is 0.826. The zero-order valence-corrected chi connectivity index (χ0v) is 12.6. The average molecular weight is 315 g/mol. The number of aliphatic hydroxyl groups excluding tert-OH is 1. The molecule has 1 unspecified atom stereocenters. The molecule has 0 fully saturated rings. The van der Waals surface area contributed by atoms with Gasteiger partial charge in [0.15, 0.2) is 11.5 Å². The van der Waals surface area contributed by atoms with E-state index in [0.29, 0.717) is 23.0 Å². The van der Waals surface area contributed by atoms with Gasteiger partial charge >= 0.3 is 0 Å². The highest BCUT2D eigenvalue weighted by atomic mass is 16.7. The first-order chi connectivity index (χ1) is 11.1. The molecule has 0 bridgehead atoms. The largest absolute Gasteiger partial charge is 0.464 e. The number of furan rings is 1. The first kappa shape index (κ1) is 15.2. The van der Waals surface area contributed by atoms with Crippen LogP contribution in [0.2, 0.25) is 0 Å². The zero-order valence-electron chi connectivity index (χ0n) is 12.6. The number of aliphatic hydroxyl groups is 1. The molecule has 0 saturated heterocycles. The van der Waals surface area contributed by atoms with Gasteiger partial charge in [-0.15, -0.1) is 0 Å². The molecule has 0 saturated carbocycles. The maximum Gasteiger partial charge on any atom is 0.244 e. The van der Waals surface area contributed by atoms with E-state index in [1.165, 1.54) is 6.08 Å². The third-order valence-corrected chi connectivity index (χ3v) is 3.38. The Balaban J connectivity index is 1.52. The number of rotatable bonds is 5. The Morgan fingerprint density at radius 2 is 2.13 bits per heavy atom. The Morgan fingerprint density at radius 1 is 1.30 bits per heavy atom. The molecule has 6 heteroatoms. The first-order valence-corrected chi connectivity index (χ1v) is 7.22. The van der Waals surface area contributed by atoms with Crippen LogP contribution in [-0.4, -0.2) is 24.4 Å². The summed E-state index contributed by atoms with van der Waals surface area (Å²) in [6.45, 7) is 2.09.